The summed E-state index contributed by atoms with van der Waals surface area (Å²) >= 11 is 0. The Morgan fingerprint density at radius 2 is 1.94 bits per heavy atom. The molecule has 0 amide bonds. The fourth-order valence-corrected chi connectivity index (χ4v) is 2.29. The minimum atomic E-state index is -0.597. The SMILES string of the molecule is CCOc1ccccc1C(O)C(OCC)C1CC1. The highest BCUT2D eigenvalue weighted by Crippen LogP contribution is 2.41. The van der Waals surface area contributed by atoms with Crippen LogP contribution in [-0.4, -0.2) is 24.4 Å². The van der Waals surface area contributed by atoms with Crippen molar-refractivity contribution in [2.75, 3.05) is 13.2 Å². The van der Waals surface area contributed by atoms with Crippen molar-refractivity contribution in [1.82, 2.24) is 0 Å². The topological polar surface area (TPSA) is 38.7 Å². The van der Waals surface area contributed by atoms with Crippen LogP contribution in [0.5, 0.6) is 5.75 Å². The van der Waals surface area contributed by atoms with Crippen molar-refractivity contribution in [3.8, 4) is 5.75 Å². The zero-order chi connectivity index (χ0) is 13.0. The Balaban J connectivity index is 2.17. The average Bonchev–Trinajstić information content (AvgIpc) is 3.20. The van der Waals surface area contributed by atoms with E-state index in [9.17, 15) is 5.11 Å². The first-order valence-corrected chi connectivity index (χ1v) is 6.79. The number of benzene rings is 1. The second-order valence-corrected chi connectivity index (χ2v) is 4.67. The fraction of sp³-hybridized carbons (Fsp3) is 0.600. The monoisotopic (exact) mass is 250 g/mol. The van der Waals surface area contributed by atoms with Gasteiger partial charge < -0.3 is 14.6 Å². The largest absolute Gasteiger partial charge is 0.493 e. The Morgan fingerprint density at radius 3 is 2.56 bits per heavy atom. The predicted molar refractivity (Wildman–Crippen MR) is 70.7 cm³/mol. The summed E-state index contributed by atoms with van der Waals surface area (Å²) in [6.07, 6.45) is 1.61. The van der Waals surface area contributed by atoms with Crippen LogP contribution < -0.4 is 4.74 Å². The van der Waals surface area contributed by atoms with Crippen molar-refractivity contribution in [2.45, 2.75) is 38.9 Å². The number of hydrogen-bond donors (Lipinski definition) is 1. The van der Waals surface area contributed by atoms with Crippen LogP contribution in [0.25, 0.3) is 0 Å². The molecular weight excluding hydrogens is 228 g/mol. The minimum Gasteiger partial charge on any atom is -0.493 e. The van der Waals surface area contributed by atoms with Crippen LogP contribution in [0.1, 0.15) is 38.4 Å². The number of para-hydroxylation sites is 1. The summed E-state index contributed by atoms with van der Waals surface area (Å²) in [5, 5.41) is 10.5. The summed E-state index contributed by atoms with van der Waals surface area (Å²) in [6, 6.07) is 7.67. The van der Waals surface area contributed by atoms with Crippen LogP contribution >= 0.6 is 0 Å². The first kappa shape index (κ1) is 13.4. The third-order valence-electron chi connectivity index (χ3n) is 3.29. The lowest BCUT2D eigenvalue weighted by Gasteiger charge is -2.24. The summed E-state index contributed by atoms with van der Waals surface area (Å²) in [7, 11) is 0. The number of ether oxygens (including phenoxy) is 2. The number of aliphatic hydroxyl groups excluding tert-OH is 1. The molecule has 1 aromatic rings. The first-order chi connectivity index (χ1) is 8.77. The van der Waals surface area contributed by atoms with Crippen molar-refractivity contribution in [3.63, 3.8) is 0 Å². The lowest BCUT2D eigenvalue weighted by molar-refractivity contribution is -0.0470. The third-order valence-corrected chi connectivity index (χ3v) is 3.29. The van der Waals surface area contributed by atoms with Crippen molar-refractivity contribution < 1.29 is 14.6 Å². The van der Waals surface area contributed by atoms with Crippen molar-refractivity contribution in [2.24, 2.45) is 5.92 Å². The molecule has 0 aromatic heterocycles. The maximum absolute atomic E-state index is 10.5. The molecule has 0 aliphatic heterocycles. The van der Waals surface area contributed by atoms with Gasteiger partial charge in [0.05, 0.1) is 12.7 Å². The molecule has 2 unspecified atom stereocenters. The van der Waals surface area contributed by atoms with Crippen molar-refractivity contribution in [1.29, 1.82) is 0 Å². The summed E-state index contributed by atoms with van der Waals surface area (Å²) < 4.78 is 11.3. The molecule has 2 atom stereocenters. The Bertz CT molecular complexity index is 374. The molecule has 0 heterocycles. The highest BCUT2D eigenvalue weighted by atomic mass is 16.5. The summed E-state index contributed by atoms with van der Waals surface area (Å²) in [4.78, 5) is 0. The molecule has 1 aromatic carbocycles. The highest BCUT2D eigenvalue weighted by molar-refractivity contribution is 5.36. The van der Waals surface area contributed by atoms with E-state index in [4.69, 9.17) is 9.47 Å². The normalized spacial score (nSPS) is 18.4. The van der Waals surface area contributed by atoms with Gasteiger partial charge >= 0.3 is 0 Å². The molecule has 0 spiro atoms. The van der Waals surface area contributed by atoms with E-state index in [1.807, 2.05) is 38.1 Å². The van der Waals surface area contributed by atoms with Crippen molar-refractivity contribution >= 4 is 0 Å². The zero-order valence-corrected chi connectivity index (χ0v) is 11.1. The molecule has 18 heavy (non-hydrogen) atoms. The minimum absolute atomic E-state index is 0.100. The van der Waals surface area contributed by atoms with E-state index in [0.29, 0.717) is 19.1 Å². The molecule has 1 N–H and O–H groups in total. The second-order valence-electron chi connectivity index (χ2n) is 4.67. The van der Waals surface area contributed by atoms with Gasteiger partial charge in [0, 0.05) is 12.2 Å². The molecule has 2 rings (SSSR count). The van der Waals surface area contributed by atoms with Gasteiger partial charge in [0.25, 0.3) is 0 Å². The molecule has 0 radical (unpaired) electrons. The predicted octanol–water partition coefficient (Wildman–Crippen LogP) is 2.93. The molecule has 1 aliphatic carbocycles. The van der Waals surface area contributed by atoms with E-state index < -0.39 is 6.10 Å². The van der Waals surface area contributed by atoms with Crippen LogP contribution in [0, 0.1) is 5.92 Å². The Labute approximate surface area is 109 Å². The molecule has 1 aliphatic rings. The van der Waals surface area contributed by atoms with Gasteiger partial charge in [-0.3, -0.25) is 0 Å². The van der Waals surface area contributed by atoms with Crippen molar-refractivity contribution in [3.05, 3.63) is 29.8 Å². The maximum atomic E-state index is 10.5. The fourth-order valence-electron chi connectivity index (χ4n) is 2.29. The van der Waals surface area contributed by atoms with Crippen LogP contribution in [-0.2, 0) is 4.74 Å². The van der Waals surface area contributed by atoms with Gasteiger partial charge in [0.2, 0.25) is 0 Å². The highest BCUT2D eigenvalue weighted by Gasteiger charge is 2.38. The van der Waals surface area contributed by atoms with Gasteiger partial charge in [0.1, 0.15) is 11.9 Å². The third kappa shape index (κ3) is 3.03. The van der Waals surface area contributed by atoms with E-state index in [1.54, 1.807) is 0 Å². The van der Waals surface area contributed by atoms with E-state index in [2.05, 4.69) is 0 Å². The molecule has 3 nitrogen and oxygen atoms in total. The molecule has 1 fully saturated rings. The van der Waals surface area contributed by atoms with Gasteiger partial charge in [-0.15, -0.1) is 0 Å². The lowest BCUT2D eigenvalue weighted by Crippen LogP contribution is -2.25. The van der Waals surface area contributed by atoms with Gasteiger partial charge in [-0.25, -0.2) is 0 Å². The molecular formula is C15H22O3. The zero-order valence-electron chi connectivity index (χ0n) is 11.1. The molecule has 0 saturated heterocycles. The standard InChI is InChI=1S/C15H22O3/c1-3-17-13-8-6-5-7-12(13)14(16)15(18-4-2)11-9-10-11/h5-8,11,14-16H,3-4,9-10H2,1-2H3. The summed E-state index contributed by atoms with van der Waals surface area (Å²) in [5.41, 5.74) is 0.838. The van der Waals surface area contributed by atoms with E-state index in [1.165, 1.54) is 0 Å². The summed E-state index contributed by atoms with van der Waals surface area (Å²) in [6.45, 7) is 5.15. The van der Waals surface area contributed by atoms with Crippen LogP contribution in [0.15, 0.2) is 24.3 Å². The quantitative estimate of drug-likeness (QED) is 0.808. The van der Waals surface area contributed by atoms with Crippen LogP contribution in [0.4, 0.5) is 0 Å². The van der Waals surface area contributed by atoms with E-state index >= 15 is 0 Å². The molecule has 3 heteroatoms. The second kappa shape index (κ2) is 6.21. The van der Waals surface area contributed by atoms with E-state index in [-0.39, 0.29) is 6.10 Å². The Kier molecular flexibility index (Phi) is 4.61. The first-order valence-electron chi connectivity index (χ1n) is 6.79. The van der Waals surface area contributed by atoms with Gasteiger partial charge in [-0.1, -0.05) is 18.2 Å². The average molecular weight is 250 g/mol. The van der Waals surface area contributed by atoms with Crippen LogP contribution in [0.2, 0.25) is 0 Å². The van der Waals surface area contributed by atoms with Gasteiger partial charge in [0.15, 0.2) is 0 Å². The number of hydrogen-bond acceptors (Lipinski definition) is 3. The number of rotatable bonds is 7. The molecule has 0 bridgehead atoms. The smallest absolute Gasteiger partial charge is 0.125 e. The maximum Gasteiger partial charge on any atom is 0.125 e. The molecule has 1 saturated carbocycles. The van der Waals surface area contributed by atoms with Gasteiger partial charge in [-0.05, 0) is 38.7 Å². The Morgan fingerprint density at radius 1 is 1.22 bits per heavy atom. The van der Waals surface area contributed by atoms with Gasteiger partial charge in [-0.2, -0.15) is 0 Å². The lowest BCUT2D eigenvalue weighted by atomic mass is 10.00. The number of aliphatic hydroxyl groups is 1. The summed E-state index contributed by atoms with van der Waals surface area (Å²) in [5.74, 6) is 1.26. The van der Waals surface area contributed by atoms with E-state index in [0.717, 1.165) is 24.2 Å². The Hall–Kier alpha value is -1.06. The van der Waals surface area contributed by atoms with Crippen LogP contribution in [0.3, 0.4) is 0 Å². The molecule has 100 valence electrons.